The maximum absolute atomic E-state index is 13.0. The monoisotopic (exact) mass is 453 g/mol. The van der Waals surface area contributed by atoms with Gasteiger partial charge in [-0.05, 0) is 49.1 Å². The van der Waals surface area contributed by atoms with Crippen LogP contribution in [-0.4, -0.2) is 48.8 Å². The summed E-state index contributed by atoms with van der Waals surface area (Å²) in [4.78, 5) is 13.2. The highest BCUT2D eigenvalue weighted by atomic mass is 32.2. The number of ether oxygens (including phenoxy) is 1. The Morgan fingerprint density at radius 1 is 1.22 bits per heavy atom. The van der Waals surface area contributed by atoms with Gasteiger partial charge in [-0.2, -0.15) is 13.5 Å². The number of hydrazone groups is 1. The standard InChI is InChI=1S/C22H23N5O4S/c1-25(21-17-8-3-4-9-20(17)32(29,30)24-21)23-13-15-10-11-18-19(12-15)27(16-6-5-7-16)22(28)26(18)14-31-2/h3-4,8-13,16H,5-7,14H2,1-2H3/b23-13+. The van der Waals surface area contributed by atoms with Gasteiger partial charge >= 0.3 is 5.69 Å². The van der Waals surface area contributed by atoms with Crippen molar-refractivity contribution in [3.8, 4) is 0 Å². The van der Waals surface area contributed by atoms with Gasteiger partial charge in [0.25, 0.3) is 10.0 Å². The lowest BCUT2D eigenvalue weighted by molar-refractivity contribution is 0.130. The third-order valence-corrected chi connectivity index (χ3v) is 7.31. The van der Waals surface area contributed by atoms with Crippen LogP contribution in [-0.2, 0) is 21.5 Å². The Hall–Kier alpha value is -3.24. The molecule has 9 nitrogen and oxygen atoms in total. The van der Waals surface area contributed by atoms with Crippen LogP contribution in [0.15, 0.2) is 61.7 Å². The number of benzene rings is 2. The normalized spacial score (nSPS) is 17.5. The molecule has 1 saturated carbocycles. The fraction of sp³-hybridized carbons (Fsp3) is 0.318. The Labute approximate surface area is 185 Å². The van der Waals surface area contributed by atoms with Crippen molar-refractivity contribution in [2.75, 3.05) is 14.2 Å². The van der Waals surface area contributed by atoms with Gasteiger partial charge in [-0.1, -0.05) is 18.2 Å². The highest BCUT2D eigenvalue weighted by Gasteiger charge is 2.30. The Bertz CT molecular complexity index is 1430. The first-order valence-corrected chi connectivity index (χ1v) is 11.8. The van der Waals surface area contributed by atoms with Crippen molar-refractivity contribution >= 4 is 33.1 Å². The maximum atomic E-state index is 13.0. The van der Waals surface area contributed by atoms with E-state index in [1.54, 1.807) is 43.1 Å². The molecule has 0 N–H and O–H groups in total. The van der Waals surface area contributed by atoms with E-state index in [-0.39, 0.29) is 29.2 Å². The van der Waals surface area contributed by atoms with Gasteiger partial charge < -0.3 is 4.74 Å². The SMILES string of the molecule is COCn1c(=O)n(C2CCC2)c2cc(/C=N/N(C)C3=NS(=O)(=O)c4ccccc43)ccc21. The fourth-order valence-electron chi connectivity index (χ4n) is 4.16. The zero-order chi connectivity index (χ0) is 22.5. The molecule has 32 heavy (non-hydrogen) atoms. The molecule has 1 fully saturated rings. The number of rotatable bonds is 5. The first-order chi connectivity index (χ1) is 15.4. The zero-order valence-electron chi connectivity index (χ0n) is 17.8. The highest BCUT2D eigenvalue weighted by Crippen LogP contribution is 2.33. The summed E-state index contributed by atoms with van der Waals surface area (Å²) in [5, 5.41) is 5.86. The predicted octanol–water partition coefficient (Wildman–Crippen LogP) is 2.55. The minimum Gasteiger partial charge on any atom is -0.364 e. The summed E-state index contributed by atoms with van der Waals surface area (Å²) in [6, 6.07) is 12.6. The molecule has 1 aromatic heterocycles. The summed E-state index contributed by atoms with van der Waals surface area (Å²) in [5.74, 6) is 0.274. The molecule has 0 spiro atoms. The molecule has 0 unspecified atom stereocenters. The van der Waals surface area contributed by atoms with E-state index in [2.05, 4.69) is 9.50 Å². The number of hydrogen-bond donors (Lipinski definition) is 0. The van der Waals surface area contributed by atoms with Gasteiger partial charge in [0.15, 0.2) is 5.84 Å². The summed E-state index contributed by atoms with van der Waals surface area (Å²) in [7, 11) is -0.484. The average Bonchev–Trinajstić information content (AvgIpc) is 3.17. The number of amidine groups is 1. The molecule has 0 saturated heterocycles. The highest BCUT2D eigenvalue weighted by molar-refractivity contribution is 7.90. The summed E-state index contributed by atoms with van der Waals surface area (Å²) < 4.78 is 37.2. The number of imidazole rings is 1. The Morgan fingerprint density at radius 2 is 2.00 bits per heavy atom. The smallest absolute Gasteiger partial charge is 0.331 e. The Balaban J connectivity index is 1.50. The number of methoxy groups -OCH3 is 1. The molecule has 1 aliphatic carbocycles. The number of fused-ring (bicyclic) bond motifs is 2. The molecule has 1 aliphatic heterocycles. The Morgan fingerprint density at radius 3 is 2.72 bits per heavy atom. The summed E-state index contributed by atoms with van der Waals surface area (Å²) in [5.41, 5.74) is 2.91. The van der Waals surface area contributed by atoms with Crippen molar-refractivity contribution in [2.45, 2.75) is 36.9 Å². The Kier molecular flexibility index (Phi) is 4.98. The van der Waals surface area contributed by atoms with Crippen LogP contribution in [0.2, 0.25) is 0 Å². The molecule has 2 aromatic carbocycles. The topological polar surface area (TPSA) is 98.3 Å². The molecule has 2 heterocycles. The van der Waals surface area contributed by atoms with Gasteiger partial charge in [-0.15, -0.1) is 4.40 Å². The van der Waals surface area contributed by atoms with E-state index in [1.165, 1.54) is 11.1 Å². The van der Waals surface area contributed by atoms with Crippen molar-refractivity contribution in [2.24, 2.45) is 9.50 Å². The van der Waals surface area contributed by atoms with Gasteiger partial charge in [-0.3, -0.25) is 9.13 Å². The van der Waals surface area contributed by atoms with Crippen LogP contribution in [0.25, 0.3) is 11.0 Å². The van der Waals surface area contributed by atoms with Gasteiger partial charge in [0, 0.05) is 25.8 Å². The molecule has 166 valence electrons. The van der Waals surface area contributed by atoms with Gasteiger partial charge in [0.1, 0.15) is 11.6 Å². The van der Waals surface area contributed by atoms with Crippen molar-refractivity contribution < 1.29 is 13.2 Å². The minimum absolute atomic E-state index is 0.0696. The van der Waals surface area contributed by atoms with Gasteiger partial charge in [0.2, 0.25) is 0 Å². The van der Waals surface area contributed by atoms with Gasteiger partial charge in [0.05, 0.1) is 17.2 Å². The van der Waals surface area contributed by atoms with Crippen molar-refractivity contribution in [3.05, 3.63) is 64.1 Å². The lowest BCUT2D eigenvalue weighted by Crippen LogP contribution is -2.30. The van der Waals surface area contributed by atoms with Crippen LogP contribution in [0, 0.1) is 0 Å². The van der Waals surface area contributed by atoms with Crippen LogP contribution in [0.4, 0.5) is 0 Å². The number of hydrogen-bond acceptors (Lipinski definition) is 6. The van der Waals surface area contributed by atoms with Crippen LogP contribution in [0.5, 0.6) is 0 Å². The number of aromatic nitrogens is 2. The van der Waals surface area contributed by atoms with E-state index in [0.29, 0.717) is 5.56 Å². The first kappa shape index (κ1) is 20.7. The molecule has 0 atom stereocenters. The van der Waals surface area contributed by atoms with E-state index < -0.39 is 10.0 Å². The second-order valence-corrected chi connectivity index (χ2v) is 9.56. The van der Waals surface area contributed by atoms with E-state index >= 15 is 0 Å². The minimum atomic E-state index is -3.71. The summed E-state index contributed by atoms with van der Waals surface area (Å²) in [6.45, 7) is 0.193. The van der Waals surface area contributed by atoms with Crippen LogP contribution in [0.1, 0.15) is 36.4 Å². The average molecular weight is 454 g/mol. The summed E-state index contributed by atoms with van der Waals surface area (Å²) in [6.07, 6.45) is 4.73. The van der Waals surface area contributed by atoms with Crippen molar-refractivity contribution in [3.63, 3.8) is 0 Å². The van der Waals surface area contributed by atoms with Crippen molar-refractivity contribution in [1.82, 2.24) is 14.1 Å². The molecule has 5 rings (SSSR count). The fourth-order valence-corrected chi connectivity index (χ4v) is 5.39. The maximum Gasteiger partial charge on any atom is 0.331 e. The van der Waals surface area contributed by atoms with E-state index in [9.17, 15) is 13.2 Å². The first-order valence-electron chi connectivity index (χ1n) is 10.4. The third kappa shape index (κ3) is 3.26. The lowest BCUT2D eigenvalue weighted by Gasteiger charge is -2.26. The number of sulfonamides is 1. The molecule has 10 heteroatoms. The largest absolute Gasteiger partial charge is 0.364 e. The number of nitrogens with zero attached hydrogens (tertiary/aromatic N) is 5. The molecule has 0 amide bonds. The van der Waals surface area contributed by atoms with Crippen LogP contribution >= 0.6 is 0 Å². The summed E-state index contributed by atoms with van der Waals surface area (Å²) >= 11 is 0. The quantitative estimate of drug-likeness (QED) is 0.437. The third-order valence-electron chi connectivity index (χ3n) is 5.98. The molecule has 2 aliphatic rings. The second-order valence-electron chi connectivity index (χ2n) is 7.99. The predicted molar refractivity (Wildman–Crippen MR) is 122 cm³/mol. The molecule has 3 aromatic rings. The van der Waals surface area contributed by atoms with Crippen LogP contribution < -0.4 is 5.69 Å². The molecular weight excluding hydrogens is 430 g/mol. The molecule has 0 radical (unpaired) electrons. The zero-order valence-corrected chi connectivity index (χ0v) is 18.6. The van der Waals surface area contributed by atoms with Crippen molar-refractivity contribution in [1.29, 1.82) is 0 Å². The molecule has 0 bridgehead atoms. The molecular formula is C22H23N5O4S. The van der Waals surface area contributed by atoms with Gasteiger partial charge in [-0.25, -0.2) is 9.80 Å². The second kappa shape index (κ2) is 7.72. The van der Waals surface area contributed by atoms with Crippen LogP contribution in [0.3, 0.4) is 0 Å². The van der Waals surface area contributed by atoms with E-state index in [0.717, 1.165) is 35.9 Å². The lowest BCUT2D eigenvalue weighted by atomic mass is 9.93. The van der Waals surface area contributed by atoms with E-state index in [4.69, 9.17) is 4.74 Å². The van der Waals surface area contributed by atoms with E-state index in [1.807, 2.05) is 22.8 Å².